The van der Waals surface area contributed by atoms with Crippen LogP contribution in [-0.4, -0.2) is 18.5 Å². The lowest BCUT2D eigenvalue weighted by atomic mass is 9.86. The van der Waals surface area contributed by atoms with Crippen molar-refractivity contribution >= 4 is 0 Å². The lowest BCUT2D eigenvalue weighted by Gasteiger charge is -2.26. The Morgan fingerprint density at radius 3 is 2.76 bits per heavy atom. The number of aliphatic hydroxyl groups is 1. The van der Waals surface area contributed by atoms with Crippen LogP contribution in [0.4, 0.5) is 0 Å². The van der Waals surface area contributed by atoms with Crippen molar-refractivity contribution in [2.24, 2.45) is 5.92 Å². The van der Waals surface area contributed by atoms with E-state index in [0.29, 0.717) is 0 Å². The summed E-state index contributed by atoms with van der Waals surface area (Å²) in [7, 11) is 1.58. The smallest absolute Gasteiger partial charge is 0.157 e. The minimum atomic E-state index is -0.602. The molecule has 0 aromatic rings. The number of aliphatic hydroxyl groups excluding tert-OH is 1. The molecule has 2 atom stereocenters. The SMILES string of the molecule is COC(O)C1CCC=C(CC/C=C(\C)CCC=C(C)C)C1. The van der Waals surface area contributed by atoms with E-state index in [9.17, 15) is 5.11 Å². The van der Waals surface area contributed by atoms with Crippen molar-refractivity contribution in [3.63, 3.8) is 0 Å². The lowest BCUT2D eigenvalue weighted by Crippen LogP contribution is -2.24. The molecule has 0 aliphatic heterocycles. The summed E-state index contributed by atoms with van der Waals surface area (Å²) in [4.78, 5) is 0. The van der Waals surface area contributed by atoms with Crippen LogP contribution >= 0.6 is 0 Å². The highest BCUT2D eigenvalue weighted by Gasteiger charge is 2.22. The van der Waals surface area contributed by atoms with Crippen molar-refractivity contribution in [3.05, 3.63) is 34.9 Å². The predicted molar refractivity (Wildman–Crippen MR) is 90.1 cm³/mol. The fourth-order valence-corrected chi connectivity index (χ4v) is 2.86. The van der Waals surface area contributed by atoms with Gasteiger partial charge in [-0.25, -0.2) is 0 Å². The first-order valence-electron chi connectivity index (χ1n) is 8.20. The zero-order chi connectivity index (χ0) is 15.7. The summed E-state index contributed by atoms with van der Waals surface area (Å²) in [5.74, 6) is 0.276. The summed E-state index contributed by atoms with van der Waals surface area (Å²) >= 11 is 0. The van der Waals surface area contributed by atoms with Gasteiger partial charge in [-0.2, -0.15) is 0 Å². The van der Waals surface area contributed by atoms with E-state index >= 15 is 0 Å². The van der Waals surface area contributed by atoms with Crippen LogP contribution in [0.2, 0.25) is 0 Å². The van der Waals surface area contributed by atoms with Gasteiger partial charge >= 0.3 is 0 Å². The minimum absolute atomic E-state index is 0.276. The Balaban J connectivity index is 2.31. The summed E-state index contributed by atoms with van der Waals surface area (Å²) in [5, 5.41) is 9.79. The molecular formula is C19H32O2. The number of methoxy groups -OCH3 is 1. The second-order valence-corrected chi connectivity index (χ2v) is 6.44. The molecule has 2 nitrogen and oxygen atoms in total. The molecular weight excluding hydrogens is 260 g/mol. The van der Waals surface area contributed by atoms with Crippen LogP contribution in [-0.2, 0) is 4.74 Å². The molecule has 0 radical (unpaired) electrons. The van der Waals surface area contributed by atoms with Gasteiger partial charge < -0.3 is 9.84 Å². The van der Waals surface area contributed by atoms with Crippen LogP contribution in [0.15, 0.2) is 34.9 Å². The molecule has 0 heterocycles. The molecule has 0 saturated carbocycles. The molecule has 2 unspecified atom stereocenters. The zero-order valence-corrected chi connectivity index (χ0v) is 14.2. The fraction of sp³-hybridized carbons (Fsp3) is 0.684. The van der Waals surface area contributed by atoms with Gasteiger partial charge in [-0.05, 0) is 65.7 Å². The molecule has 0 bridgehead atoms. The Morgan fingerprint density at radius 2 is 2.10 bits per heavy atom. The van der Waals surface area contributed by atoms with Gasteiger partial charge in [0, 0.05) is 13.0 Å². The van der Waals surface area contributed by atoms with Crippen molar-refractivity contribution in [2.75, 3.05) is 7.11 Å². The van der Waals surface area contributed by atoms with E-state index in [-0.39, 0.29) is 5.92 Å². The highest BCUT2D eigenvalue weighted by molar-refractivity contribution is 5.10. The Labute approximate surface area is 130 Å². The number of hydrogen-bond acceptors (Lipinski definition) is 2. The molecule has 1 rings (SSSR count). The molecule has 120 valence electrons. The van der Waals surface area contributed by atoms with E-state index in [4.69, 9.17) is 4.74 Å². The highest BCUT2D eigenvalue weighted by Crippen LogP contribution is 2.29. The summed E-state index contributed by atoms with van der Waals surface area (Å²) in [6.07, 6.45) is 14.1. The average Bonchev–Trinajstić information content (AvgIpc) is 2.46. The second kappa shape index (κ2) is 9.97. The van der Waals surface area contributed by atoms with E-state index < -0.39 is 6.29 Å². The quantitative estimate of drug-likeness (QED) is 0.495. The number of ether oxygens (including phenoxy) is 1. The van der Waals surface area contributed by atoms with E-state index in [1.165, 1.54) is 16.7 Å². The van der Waals surface area contributed by atoms with Crippen molar-refractivity contribution < 1.29 is 9.84 Å². The lowest BCUT2D eigenvalue weighted by molar-refractivity contribution is -0.115. The monoisotopic (exact) mass is 292 g/mol. The molecule has 21 heavy (non-hydrogen) atoms. The van der Waals surface area contributed by atoms with Crippen molar-refractivity contribution in [3.8, 4) is 0 Å². The van der Waals surface area contributed by atoms with E-state index in [1.807, 2.05) is 0 Å². The van der Waals surface area contributed by atoms with Crippen LogP contribution < -0.4 is 0 Å². The van der Waals surface area contributed by atoms with Gasteiger partial charge in [0.1, 0.15) is 0 Å². The van der Waals surface area contributed by atoms with E-state index in [0.717, 1.165) is 44.9 Å². The number of allylic oxidation sites excluding steroid dienone is 6. The van der Waals surface area contributed by atoms with Gasteiger partial charge in [-0.15, -0.1) is 0 Å². The normalized spacial score (nSPS) is 20.9. The summed E-state index contributed by atoms with van der Waals surface area (Å²) in [5.41, 5.74) is 4.37. The first-order valence-corrected chi connectivity index (χ1v) is 8.20. The molecule has 0 aromatic carbocycles. The van der Waals surface area contributed by atoms with Crippen molar-refractivity contribution in [1.29, 1.82) is 0 Å². The molecule has 2 heteroatoms. The van der Waals surface area contributed by atoms with E-state index in [2.05, 4.69) is 39.0 Å². The third-order valence-corrected chi connectivity index (χ3v) is 4.19. The van der Waals surface area contributed by atoms with Crippen LogP contribution in [0.1, 0.15) is 65.7 Å². The molecule has 1 aliphatic carbocycles. The van der Waals surface area contributed by atoms with Gasteiger partial charge in [-0.3, -0.25) is 0 Å². The molecule has 0 saturated heterocycles. The standard InChI is InChI=1S/C19H32O2/c1-15(2)8-5-9-16(3)10-6-11-17-12-7-13-18(14-17)19(20)21-4/h8,10,12,18-20H,5-7,9,11,13-14H2,1-4H3/b16-10+. The van der Waals surface area contributed by atoms with Crippen molar-refractivity contribution in [1.82, 2.24) is 0 Å². The van der Waals surface area contributed by atoms with Gasteiger partial charge in [0.15, 0.2) is 6.29 Å². The largest absolute Gasteiger partial charge is 0.368 e. The third-order valence-electron chi connectivity index (χ3n) is 4.19. The Kier molecular flexibility index (Phi) is 8.63. The zero-order valence-electron chi connectivity index (χ0n) is 14.2. The van der Waals surface area contributed by atoms with Crippen molar-refractivity contribution in [2.45, 2.75) is 72.0 Å². The fourth-order valence-electron chi connectivity index (χ4n) is 2.86. The summed E-state index contributed by atoms with van der Waals surface area (Å²) < 4.78 is 5.06. The Hall–Kier alpha value is -0.860. The van der Waals surface area contributed by atoms with Crippen LogP contribution in [0, 0.1) is 5.92 Å². The van der Waals surface area contributed by atoms with Gasteiger partial charge in [0.2, 0.25) is 0 Å². The maximum absolute atomic E-state index is 9.79. The third kappa shape index (κ3) is 7.63. The summed E-state index contributed by atoms with van der Waals surface area (Å²) in [6, 6.07) is 0. The Bertz CT molecular complexity index is 386. The van der Waals surface area contributed by atoms with Crippen LogP contribution in [0.5, 0.6) is 0 Å². The molecule has 1 N–H and O–H groups in total. The molecule has 0 fully saturated rings. The maximum atomic E-state index is 9.79. The number of hydrogen-bond donors (Lipinski definition) is 1. The van der Waals surface area contributed by atoms with Crippen LogP contribution in [0.25, 0.3) is 0 Å². The molecule has 0 aromatic heterocycles. The molecule has 1 aliphatic rings. The highest BCUT2D eigenvalue weighted by atomic mass is 16.6. The van der Waals surface area contributed by atoms with Crippen LogP contribution in [0.3, 0.4) is 0 Å². The maximum Gasteiger partial charge on any atom is 0.157 e. The summed E-state index contributed by atoms with van der Waals surface area (Å²) in [6.45, 7) is 6.53. The van der Waals surface area contributed by atoms with E-state index in [1.54, 1.807) is 7.11 Å². The molecule has 0 spiro atoms. The average molecular weight is 292 g/mol. The topological polar surface area (TPSA) is 29.5 Å². The number of rotatable bonds is 8. The first-order chi connectivity index (χ1) is 10.0. The molecule has 0 amide bonds. The second-order valence-electron chi connectivity index (χ2n) is 6.44. The first kappa shape index (κ1) is 18.2. The van der Waals surface area contributed by atoms with Gasteiger partial charge in [-0.1, -0.05) is 34.9 Å². The van der Waals surface area contributed by atoms with Gasteiger partial charge in [0.05, 0.1) is 0 Å². The van der Waals surface area contributed by atoms with Gasteiger partial charge in [0.25, 0.3) is 0 Å². The Morgan fingerprint density at radius 1 is 1.33 bits per heavy atom. The predicted octanol–water partition coefficient (Wildman–Crippen LogP) is 5.15. The minimum Gasteiger partial charge on any atom is -0.368 e.